The lowest BCUT2D eigenvalue weighted by molar-refractivity contribution is 0.0812. The van der Waals surface area contributed by atoms with Crippen LogP contribution in [0, 0.1) is 32.1 Å². The fraction of sp³-hybridized carbons (Fsp3) is 0.435. The molecule has 0 aliphatic carbocycles. The van der Waals surface area contributed by atoms with Gasteiger partial charge in [0.2, 0.25) is 11.7 Å². The van der Waals surface area contributed by atoms with Crippen molar-refractivity contribution in [1.29, 1.82) is 5.26 Å². The highest BCUT2D eigenvalue weighted by Crippen LogP contribution is 2.26. The van der Waals surface area contributed by atoms with Gasteiger partial charge in [-0.2, -0.15) is 5.26 Å². The highest BCUT2D eigenvalue weighted by molar-refractivity contribution is 6.03. The van der Waals surface area contributed by atoms with E-state index in [9.17, 15) is 20.0 Å². The third-order valence-corrected chi connectivity index (χ3v) is 5.19. The van der Waals surface area contributed by atoms with E-state index in [1.165, 1.54) is 6.92 Å². The predicted molar refractivity (Wildman–Crippen MR) is 112 cm³/mol. The van der Waals surface area contributed by atoms with Crippen LogP contribution in [-0.4, -0.2) is 21.6 Å². The molecule has 0 bridgehead atoms. The first-order chi connectivity index (χ1) is 13.7. The summed E-state index contributed by atoms with van der Waals surface area (Å²) in [5.41, 5.74) is 1.61. The Morgan fingerprint density at radius 1 is 1.24 bits per heavy atom. The molecule has 0 radical (unpaired) electrons. The SMILES string of the molecule is CCCCCn1c(O)c(C(=O)C(C)Oc2ccc(C)c(C)c2)c(C)c(C#N)c1=O. The highest BCUT2D eigenvalue weighted by atomic mass is 16.5. The van der Waals surface area contributed by atoms with Gasteiger partial charge in [0.05, 0.1) is 5.56 Å². The second kappa shape index (κ2) is 9.42. The summed E-state index contributed by atoms with van der Waals surface area (Å²) in [5.74, 6) is -0.329. The number of hydrogen-bond acceptors (Lipinski definition) is 5. The van der Waals surface area contributed by atoms with Gasteiger partial charge in [0.15, 0.2) is 6.10 Å². The number of nitriles is 1. The predicted octanol–water partition coefficient (Wildman–Crippen LogP) is 4.19. The number of pyridine rings is 1. The maximum atomic E-state index is 13.1. The minimum atomic E-state index is -0.894. The number of benzene rings is 1. The van der Waals surface area contributed by atoms with E-state index in [2.05, 4.69) is 0 Å². The van der Waals surface area contributed by atoms with Crippen molar-refractivity contribution < 1.29 is 14.6 Å². The molecule has 0 aliphatic heterocycles. The number of unbranched alkanes of at least 4 members (excludes halogenated alkanes) is 2. The van der Waals surface area contributed by atoms with Crippen LogP contribution >= 0.6 is 0 Å². The van der Waals surface area contributed by atoms with Crippen molar-refractivity contribution in [3.8, 4) is 17.7 Å². The van der Waals surface area contributed by atoms with E-state index in [1.54, 1.807) is 13.0 Å². The quantitative estimate of drug-likeness (QED) is 0.533. The van der Waals surface area contributed by atoms with Crippen molar-refractivity contribution in [3.05, 3.63) is 56.4 Å². The molecule has 1 heterocycles. The van der Waals surface area contributed by atoms with Crippen LogP contribution in [0.25, 0.3) is 0 Å². The van der Waals surface area contributed by atoms with Crippen molar-refractivity contribution in [1.82, 2.24) is 4.57 Å². The Kier molecular flexibility index (Phi) is 7.22. The van der Waals surface area contributed by atoms with E-state index in [0.717, 1.165) is 28.5 Å². The summed E-state index contributed by atoms with van der Waals surface area (Å²) in [6, 6.07) is 7.42. The molecule has 0 amide bonds. The number of nitrogens with zero attached hydrogens (tertiary/aromatic N) is 2. The Hall–Kier alpha value is -3.07. The molecule has 0 fully saturated rings. The zero-order valence-corrected chi connectivity index (χ0v) is 17.7. The van der Waals surface area contributed by atoms with Crippen LogP contribution in [0.5, 0.6) is 11.6 Å². The van der Waals surface area contributed by atoms with Crippen molar-refractivity contribution in [2.24, 2.45) is 0 Å². The number of hydrogen-bond donors (Lipinski definition) is 1. The Bertz CT molecular complexity index is 1020. The summed E-state index contributed by atoms with van der Waals surface area (Å²) in [6.07, 6.45) is 1.59. The van der Waals surface area contributed by atoms with E-state index < -0.39 is 23.3 Å². The molecule has 29 heavy (non-hydrogen) atoms. The molecule has 6 heteroatoms. The van der Waals surface area contributed by atoms with Crippen LogP contribution in [0.1, 0.15) is 65.7 Å². The van der Waals surface area contributed by atoms with Crippen molar-refractivity contribution in [2.75, 3.05) is 0 Å². The number of ketones is 1. The molecule has 154 valence electrons. The standard InChI is InChI=1S/C23H28N2O4/c1-6-7-8-11-25-22(27)19(13-24)16(4)20(23(25)28)21(26)17(5)29-18-10-9-14(2)15(3)12-18/h9-10,12,17,28H,6-8,11H2,1-5H3. The molecule has 2 aromatic rings. The minimum absolute atomic E-state index is 0.0333. The first-order valence-corrected chi connectivity index (χ1v) is 9.87. The largest absolute Gasteiger partial charge is 0.494 e. The van der Waals surface area contributed by atoms with Gasteiger partial charge >= 0.3 is 0 Å². The van der Waals surface area contributed by atoms with Gasteiger partial charge in [0, 0.05) is 6.54 Å². The molecule has 1 aromatic heterocycles. The summed E-state index contributed by atoms with van der Waals surface area (Å²) in [6.45, 7) is 9.32. The second-order valence-corrected chi connectivity index (χ2v) is 7.34. The molecule has 1 atom stereocenters. The summed E-state index contributed by atoms with van der Waals surface area (Å²) in [7, 11) is 0. The Balaban J connectivity index is 2.44. The normalized spacial score (nSPS) is 11.7. The van der Waals surface area contributed by atoms with E-state index in [-0.39, 0.29) is 23.2 Å². The van der Waals surface area contributed by atoms with Crippen LogP contribution < -0.4 is 10.3 Å². The van der Waals surface area contributed by atoms with E-state index in [4.69, 9.17) is 4.74 Å². The van der Waals surface area contributed by atoms with Crippen molar-refractivity contribution in [2.45, 2.75) is 66.5 Å². The lowest BCUT2D eigenvalue weighted by Gasteiger charge is -2.19. The average Bonchev–Trinajstić information content (AvgIpc) is 2.67. The molecule has 6 nitrogen and oxygen atoms in total. The lowest BCUT2D eigenvalue weighted by atomic mass is 9.99. The van der Waals surface area contributed by atoms with Crippen molar-refractivity contribution >= 4 is 5.78 Å². The first kappa shape index (κ1) is 22.2. The minimum Gasteiger partial charge on any atom is -0.494 e. The smallest absolute Gasteiger partial charge is 0.271 e. The molecule has 2 rings (SSSR count). The molecule has 1 aromatic carbocycles. The number of carbonyl (C=O) groups is 1. The fourth-order valence-electron chi connectivity index (χ4n) is 3.22. The molecular weight excluding hydrogens is 368 g/mol. The van der Waals surface area contributed by atoms with Crippen LogP contribution in [0.2, 0.25) is 0 Å². The summed E-state index contributed by atoms with van der Waals surface area (Å²) in [5, 5.41) is 20.1. The van der Waals surface area contributed by atoms with Gasteiger partial charge in [-0.25, -0.2) is 0 Å². The lowest BCUT2D eigenvalue weighted by Crippen LogP contribution is -2.31. The molecule has 1 unspecified atom stereocenters. The van der Waals surface area contributed by atoms with Gasteiger partial charge in [-0.3, -0.25) is 14.2 Å². The zero-order chi connectivity index (χ0) is 21.7. The maximum Gasteiger partial charge on any atom is 0.271 e. The van der Waals surface area contributed by atoms with Gasteiger partial charge in [0.25, 0.3) is 5.56 Å². The van der Waals surface area contributed by atoms with Crippen molar-refractivity contribution in [3.63, 3.8) is 0 Å². The summed E-state index contributed by atoms with van der Waals surface area (Å²) in [4.78, 5) is 25.7. The monoisotopic (exact) mass is 396 g/mol. The Morgan fingerprint density at radius 3 is 2.52 bits per heavy atom. The Morgan fingerprint density at radius 2 is 1.93 bits per heavy atom. The zero-order valence-electron chi connectivity index (χ0n) is 17.7. The van der Waals surface area contributed by atoms with E-state index >= 15 is 0 Å². The molecule has 1 N–H and O–H groups in total. The number of carbonyl (C=O) groups excluding carboxylic acids is 1. The molecule has 0 spiro atoms. The third-order valence-electron chi connectivity index (χ3n) is 5.19. The average molecular weight is 396 g/mol. The van der Waals surface area contributed by atoms with E-state index in [1.807, 2.05) is 39.0 Å². The molecule has 0 aliphatic rings. The third kappa shape index (κ3) is 4.68. The van der Waals surface area contributed by atoms with Gasteiger partial charge in [-0.05, 0) is 62.9 Å². The highest BCUT2D eigenvalue weighted by Gasteiger charge is 2.28. The molecular formula is C23H28N2O4. The van der Waals surface area contributed by atoms with E-state index in [0.29, 0.717) is 12.2 Å². The number of Topliss-reactive ketones (excluding diaryl/α,β-unsaturated/α-hetero) is 1. The summed E-state index contributed by atoms with van der Waals surface area (Å²) >= 11 is 0. The van der Waals surface area contributed by atoms with Crippen LogP contribution in [0.15, 0.2) is 23.0 Å². The van der Waals surface area contributed by atoms with Crippen LogP contribution in [0.4, 0.5) is 0 Å². The van der Waals surface area contributed by atoms with Crippen LogP contribution in [0.3, 0.4) is 0 Å². The number of aromatic hydroxyl groups is 1. The number of aryl methyl sites for hydroxylation is 2. The molecule has 0 saturated carbocycles. The van der Waals surface area contributed by atoms with Gasteiger partial charge in [0.1, 0.15) is 17.4 Å². The number of aromatic nitrogens is 1. The maximum absolute atomic E-state index is 13.1. The summed E-state index contributed by atoms with van der Waals surface area (Å²) < 4.78 is 6.91. The van der Waals surface area contributed by atoms with Crippen LogP contribution in [-0.2, 0) is 6.54 Å². The van der Waals surface area contributed by atoms with Gasteiger partial charge in [-0.1, -0.05) is 25.8 Å². The first-order valence-electron chi connectivity index (χ1n) is 9.87. The number of rotatable bonds is 8. The van der Waals surface area contributed by atoms with Gasteiger partial charge < -0.3 is 9.84 Å². The fourth-order valence-corrected chi connectivity index (χ4v) is 3.22. The molecule has 0 saturated heterocycles. The Labute approximate surface area is 171 Å². The topological polar surface area (TPSA) is 92.3 Å². The second-order valence-electron chi connectivity index (χ2n) is 7.34. The number of ether oxygens (including phenoxy) is 1. The van der Waals surface area contributed by atoms with Gasteiger partial charge in [-0.15, -0.1) is 0 Å².